The third-order valence-electron chi connectivity index (χ3n) is 4.39. The Morgan fingerprint density at radius 2 is 1.83 bits per heavy atom. The molecule has 2 aliphatic rings. The standard InChI is InChI=1S/C15H21NO2/c1-14(2,3)11-7-15(16,8-11)10-4-5-12-13(6-10)18-9-17-12/h4-6,11H,7-9,16H2,1-3H3. The fourth-order valence-electron chi connectivity index (χ4n) is 2.87. The lowest BCUT2D eigenvalue weighted by molar-refractivity contribution is 0.0488. The van der Waals surface area contributed by atoms with E-state index in [0.29, 0.717) is 18.1 Å². The van der Waals surface area contributed by atoms with Gasteiger partial charge in [0.25, 0.3) is 0 Å². The summed E-state index contributed by atoms with van der Waals surface area (Å²) in [6.45, 7) is 7.19. The molecule has 98 valence electrons. The molecule has 0 aromatic heterocycles. The smallest absolute Gasteiger partial charge is 0.231 e. The van der Waals surface area contributed by atoms with Crippen LogP contribution in [0.15, 0.2) is 18.2 Å². The summed E-state index contributed by atoms with van der Waals surface area (Å²) >= 11 is 0. The van der Waals surface area contributed by atoms with Crippen LogP contribution in [-0.2, 0) is 5.54 Å². The number of benzene rings is 1. The van der Waals surface area contributed by atoms with E-state index in [1.165, 1.54) is 5.56 Å². The number of nitrogens with two attached hydrogens (primary N) is 1. The van der Waals surface area contributed by atoms with Gasteiger partial charge >= 0.3 is 0 Å². The van der Waals surface area contributed by atoms with Crippen LogP contribution in [0.4, 0.5) is 0 Å². The van der Waals surface area contributed by atoms with Gasteiger partial charge in [-0.3, -0.25) is 0 Å². The Balaban J connectivity index is 1.80. The molecule has 3 heteroatoms. The van der Waals surface area contributed by atoms with Crippen molar-refractivity contribution in [3.8, 4) is 11.5 Å². The van der Waals surface area contributed by atoms with E-state index < -0.39 is 0 Å². The summed E-state index contributed by atoms with van der Waals surface area (Å²) < 4.78 is 10.7. The number of hydrogen-bond donors (Lipinski definition) is 1. The molecule has 18 heavy (non-hydrogen) atoms. The quantitative estimate of drug-likeness (QED) is 0.829. The molecule has 1 fully saturated rings. The molecular weight excluding hydrogens is 226 g/mol. The maximum Gasteiger partial charge on any atom is 0.231 e. The summed E-state index contributed by atoms with van der Waals surface area (Å²) in [7, 11) is 0. The van der Waals surface area contributed by atoms with Gasteiger partial charge in [0.1, 0.15) is 0 Å². The molecule has 3 nitrogen and oxygen atoms in total. The number of fused-ring (bicyclic) bond motifs is 1. The molecule has 1 saturated carbocycles. The number of ether oxygens (including phenoxy) is 2. The van der Waals surface area contributed by atoms with Crippen LogP contribution in [0, 0.1) is 11.3 Å². The Kier molecular flexibility index (Phi) is 2.39. The van der Waals surface area contributed by atoms with Crippen LogP contribution in [0.5, 0.6) is 11.5 Å². The van der Waals surface area contributed by atoms with Crippen molar-refractivity contribution in [1.29, 1.82) is 0 Å². The van der Waals surface area contributed by atoms with Crippen LogP contribution in [0.25, 0.3) is 0 Å². The second-order valence-electron chi connectivity index (χ2n) is 6.70. The number of rotatable bonds is 1. The molecule has 0 radical (unpaired) electrons. The highest BCUT2D eigenvalue weighted by atomic mass is 16.7. The van der Waals surface area contributed by atoms with E-state index in [0.717, 1.165) is 24.3 Å². The molecule has 1 aromatic rings. The highest BCUT2D eigenvalue weighted by molar-refractivity contribution is 5.47. The Morgan fingerprint density at radius 3 is 2.50 bits per heavy atom. The van der Waals surface area contributed by atoms with Crippen LogP contribution in [-0.4, -0.2) is 6.79 Å². The van der Waals surface area contributed by atoms with Crippen molar-refractivity contribution >= 4 is 0 Å². The first-order valence-electron chi connectivity index (χ1n) is 6.57. The van der Waals surface area contributed by atoms with Crippen LogP contribution >= 0.6 is 0 Å². The molecule has 0 amide bonds. The maximum absolute atomic E-state index is 6.51. The monoisotopic (exact) mass is 247 g/mol. The minimum atomic E-state index is -0.182. The van der Waals surface area contributed by atoms with E-state index in [9.17, 15) is 0 Å². The molecular formula is C15H21NO2. The molecule has 0 unspecified atom stereocenters. The molecule has 1 aliphatic carbocycles. The summed E-state index contributed by atoms with van der Waals surface area (Å²) in [5, 5.41) is 0. The lowest BCUT2D eigenvalue weighted by Crippen LogP contribution is -2.52. The Morgan fingerprint density at radius 1 is 1.17 bits per heavy atom. The van der Waals surface area contributed by atoms with Gasteiger partial charge in [-0.2, -0.15) is 0 Å². The molecule has 3 rings (SSSR count). The Labute approximate surface area is 108 Å². The van der Waals surface area contributed by atoms with Gasteiger partial charge in [0.05, 0.1) is 0 Å². The first-order chi connectivity index (χ1) is 8.38. The normalized spacial score (nSPS) is 30.1. The summed E-state index contributed by atoms with van der Waals surface area (Å²) in [6.07, 6.45) is 2.10. The summed E-state index contributed by atoms with van der Waals surface area (Å²) in [4.78, 5) is 0. The molecule has 0 bridgehead atoms. The Hall–Kier alpha value is -1.22. The molecule has 1 heterocycles. The molecule has 1 aliphatic heterocycles. The molecule has 0 spiro atoms. The predicted octanol–water partition coefficient (Wildman–Crippen LogP) is 3.03. The van der Waals surface area contributed by atoms with Gasteiger partial charge in [0.2, 0.25) is 6.79 Å². The first kappa shape index (κ1) is 11.8. The van der Waals surface area contributed by atoms with Crippen molar-refractivity contribution in [2.45, 2.75) is 39.2 Å². The van der Waals surface area contributed by atoms with Crippen molar-refractivity contribution in [2.24, 2.45) is 17.1 Å². The highest BCUT2D eigenvalue weighted by Crippen LogP contribution is 2.52. The van der Waals surface area contributed by atoms with Gasteiger partial charge in [-0.05, 0) is 41.9 Å². The van der Waals surface area contributed by atoms with Crippen molar-refractivity contribution < 1.29 is 9.47 Å². The fourth-order valence-corrected chi connectivity index (χ4v) is 2.87. The van der Waals surface area contributed by atoms with E-state index in [2.05, 4.69) is 26.8 Å². The third kappa shape index (κ3) is 1.77. The van der Waals surface area contributed by atoms with Crippen molar-refractivity contribution in [1.82, 2.24) is 0 Å². The third-order valence-corrected chi connectivity index (χ3v) is 4.39. The largest absolute Gasteiger partial charge is 0.454 e. The van der Waals surface area contributed by atoms with Gasteiger partial charge in [0.15, 0.2) is 11.5 Å². The first-order valence-corrected chi connectivity index (χ1v) is 6.57. The van der Waals surface area contributed by atoms with Crippen LogP contribution < -0.4 is 15.2 Å². The fraction of sp³-hybridized carbons (Fsp3) is 0.600. The molecule has 0 saturated heterocycles. The van der Waals surface area contributed by atoms with Crippen molar-refractivity contribution in [3.63, 3.8) is 0 Å². The van der Waals surface area contributed by atoms with Gasteiger partial charge in [-0.25, -0.2) is 0 Å². The lowest BCUT2D eigenvalue weighted by Gasteiger charge is -2.51. The van der Waals surface area contributed by atoms with E-state index in [4.69, 9.17) is 15.2 Å². The molecule has 1 aromatic carbocycles. The average Bonchev–Trinajstić information content (AvgIpc) is 2.70. The van der Waals surface area contributed by atoms with E-state index in [-0.39, 0.29) is 5.54 Å². The van der Waals surface area contributed by atoms with E-state index >= 15 is 0 Å². The number of hydrogen-bond acceptors (Lipinski definition) is 3. The second kappa shape index (κ2) is 3.64. The average molecular weight is 247 g/mol. The summed E-state index contributed by atoms with van der Waals surface area (Å²) in [5.74, 6) is 2.36. The summed E-state index contributed by atoms with van der Waals surface area (Å²) in [6, 6.07) is 6.09. The molecule has 2 N–H and O–H groups in total. The van der Waals surface area contributed by atoms with Gasteiger partial charge < -0.3 is 15.2 Å². The van der Waals surface area contributed by atoms with Crippen LogP contribution in [0.3, 0.4) is 0 Å². The zero-order valence-electron chi connectivity index (χ0n) is 11.3. The minimum absolute atomic E-state index is 0.182. The predicted molar refractivity (Wildman–Crippen MR) is 70.6 cm³/mol. The SMILES string of the molecule is CC(C)(C)C1CC(N)(c2ccc3c(c2)OCO3)C1. The maximum atomic E-state index is 6.51. The Bertz CT molecular complexity index is 470. The highest BCUT2D eigenvalue weighted by Gasteiger charge is 2.47. The topological polar surface area (TPSA) is 44.5 Å². The van der Waals surface area contributed by atoms with Crippen LogP contribution in [0.2, 0.25) is 0 Å². The van der Waals surface area contributed by atoms with Crippen molar-refractivity contribution in [2.75, 3.05) is 6.79 Å². The zero-order valence-corrected chi connectivity index (χ0v) is 11.3. The minimum Gasteiger partial charge on any atom is -0.454 e. The van der Waals surface area contributed by atoms with Gasteiger partial charge in [-0.15, -0.1) is 0 Å². The lowest BCUT2D eigenvalue weighted by atomic mass is 9.57. The zero-order chi connectivity index (χ0) is 13.0. The van der Waals surface area contributed by atoms with E-state index in [1.807, 2.05) is 12.1 Å². The van der Waals surface area contributed by atoms with Crippen LogP contribution in [0.1, 0.15) is 39.2 Å². The summed E-state index contributed by atoms with van der Waals surface area (Å²) in [5.41, 5.74) is 7.85. The van der Waals surface area contributed by atoms with Gasteiger partial charge in [0, 0.05) is 5.54 Å². The second-order valence-corrected chi connectivity index (χ2v) is 6.70. The molecule has 0 atom stereocenters. The van der Waals surface area contributed by atoms with Gasteiger partial charge in [-0.1, -0.05) is 26.8 Å². The van der Waals surface area contributed by atoms with Crippen molar-refractivity contribution in [3.05, 3.63) is 23.8 Å². The van der Waals surface area contributed by atoms with E-state index in [1.54, 1.807) is 0 Å².